The van der Waals surface area contributed by atoms with Gasteiger partial charge in [0.25, 0.3) is 5.89 Å². The van der Waals surface area contributed by atoms with Crippen LogP contribution in [0.25, 0.3) is 23.0 Å². The minimum absolute atomic E-state index is 0.00709. The monoisotopic (exact) mass is 484 g/mol. The largest absolute Gasteiger partial charge is 0.490 e. The van der Waals surface area contributed by atoms with E-state index in [0.717, 1.165) is 28.8 Å². The van der Waals surface area contributed by atoms with Crippen LogP contribution in [0.4, 0.5) is 5.95 Å². The maximum atomic E-state index is 11.1. The van der Waals surface area contributed by atoms with Gasteiger partial charge in [0, 0.05) is 24.3 Å². The normalized spacial score (nSPS) is 11.8. The summed E-state index contributed by atoms with van der Waals surface area (Å²) in [6.07, 6.45) is 0.518. The zero-order chi connectivity index (χ0) is 25.4. The first kappa shape index (κ1) is 26.0. The quantitative estimate of drug-likeness (QED) is 0.299. The number of aryl methyl sites for hydroxylation is 3. The van der Waals surface area contributed by atoms with E-state index in [2.05, 4.69) is 30.7 Å². The predicted octanol–water partition coefficient (Wildman–Crippen LogP) is 1.91. The zero-order valence-corrected chi connectivity index (χ0v) is 20.5. The molecule has 0 fully saturated rings. The number of nitrogens with one attached hydrogen (secondary N) is 2. The fraction of sp³-hybridized carbons (Fsp3) is 0.458. The lowest BCUT2D eigenvalue weighted by Crippen LogP contribution is -2.36. The summed E-state index contributed by atoms with van der Waals surface area (Å²) in [5.41, 5.74) is 3.97. The number of aliphatic hydroxyl groups excluding tert-OH is 2. The standard InChI is InChI=1S/C24H32N6O5/c1-5-15-9-16(8-14(4)21(15)34-13-18(32)11-26-20(33)12-31)22-29-23(35-30-22)19-10-17(6-2)27-24(28-19)25-7-3/h8-10,18,31-32H,5-7,11-13H2,1-4H3,(H,26,33)(H,25,27,28)/t18-/m0/s1. The van der Waals surface area contributed by atoms with E-state index in [1.165, 1.54) is 0 Å². The number of benzene rings is 1. The van der Waals surface area contributed by atoms with Gasteiger partial charge in [-0.2, -0.15) is 4.98 Å². The van der Waals surface area contributed by atoms with Crippen molar-refractivity contribution in [1.82, 2.24) is 25.4 Å². The van der Waals surface area contributed by atoms with E-state index in [-0.39, 0.29) is 13.2 Å². The molecule has 2 heterocycles. The number of carbonyl (C=O) groups excluding carboxylic acids is 1. The van der Waals surface area contributed by atoms with Crippen LogP contribution in [-0.4, -0.2) is 68.6 Å². The number of anilines is 1. The van der Waals surface area contributed by atoms with E-state index in [1.54, 1.807) is 0 Å². The molecule has 3 aromatic rings. The van der Waals surface area contributed by atoms with E-state index < -0.39 is 18.6 Å². The molecule has 11 nitrogen and oxygen atoms in total. The molecule has 35 heavy (non-hydrogen) atoms. The highest BCUT2D eigenvalue weighted by Crippen LogP contribution is 2.31. The minimum Gasteiger partial charge on any atom is -0.490 e. The molecule has 0 aliphatic heterocycles. The second-order valence-electron chi connectivity index (χ2n) is 7.94. The molecule has 1 atom stereocenters. The number of hydrogen-bond acceptors (Lipinski definition) is 10. The van der Waals surface area contributed by atoms with E-state index in [1.807, 2.05) is 45.9 Å². The van der Waals surface area contributed by atoms with Gasteiger partial charge in [0.1, 0.15) is 30.8 Å². The number of aromatic nitrogens is 4. The number of rotatable bonds is 12. The first-order valence-electron chi connectivity index (χ1n) is 11.7. The van der Waals surface area contributed by atoms with Gasteiger partial charge in [0.15, 0.2) is 0 Å². The van der Waals surface area contributed by atoms with Crippen molar-refractivity contribution in [3.05, 3.63) is 35.0 Å². The van der Waals surface area contributed by atoms with Crippen molar-refractivity contribution in [2.75, 3.05) is 31.6 Å². The van der Waals surface area contributed by atoms with Crippen LogP contribution in [0.3, 0.4) is 0 Å². The van der Waals surface area contributed by atoms with E-state index in [0.29, 0.717) is 42.1 Å². The van der Waals surface area contributed by atoms with Gasteiger partial charge >= 0.3 is 0 Å². The molecule has 0 saturated heterocycles. The van der Waals surface area contributed by atoms with Gasteiger partial charge < -0.3 is 30.1 Å². The summed E-state index contributed by atoms with van der Waals surface area (Å²) >= 11 is 0. The Bertz CT molecular complexity index is 1150. The Kier molecular flexibility index (Phi) is 9.10. The Labute approximate surface area is 204 Å². The molecule has 11 heteroatoms. The molecule has 0 aliphatic rings. The molecule has 0 aliphatic carbocycles. The lowest BCUT2D eigenvalue weighted by molar-refractivity contribution is -0.124. The smallest absolute Gasteiger partial charge is 0.277 e. The Morgan fingerprint density at radius 2 is 1.94 bits per heavy atom. The van der Waals surface area contributed by atoms with Crippen molar-refractivity contribution in [2.24, 2.45) is 0 Å². The average Bonchev–Trinajstić information content (AvgIpc) is 3.36. The van der Waals surface area contributed by atoms with Crippen LogP contribution in [0, 0.1) is 6.92 Å². The van der Waals surface area contributed by atoms with Crippen LogP contribution < -0.4 is 15.4 Å². The topological polar surface area (TPSA) is 156 Å². The third kappa shape index (κ3) is 6.74. The highest BCUT2D eigenvalue weighted by atomic mass is 16.5. The van der Waals surface area contributed by atoms with Crippen molar-refractivity contribution < 1.29 is 24.3 Å². The van der Waals surface area contributed by atoms with Gasteiger partial charge in [-0.1, -0.05) is 19.0 Å². The SMILES string of the molecule is CCNc1nc(CC)cc(-c2nc(-c3cc(C)c(OC[C@@H](O)CNC(=O)CO)c(CC)c3)no2)n1. The number of aliphatic hydroxyl groups is 2. The molecule has 2 aromatic heterocycles. The summed E-state index contributed by atoms with van der Waals surface area (Å²) in [5, 5.41) is 28.5. The second kappa shape index (κ2) is 12.2. The molecule has 0 unspecified atom stereocenters. The lowest BCUT2D eigenvalue weighted by atomic mass is 10.0. The van der Waals surface area contributed by atoms with Gasteiger partial charge in [-0.15, -0.1) is 0 Å². The molecule has 1 aromatic carbocycles. The highest BCUT2D eigenvalue weighted by Gasteiger charge is 2.18. The predicted molar refractivity (Wildman–Crippen MR) is 130 cm³/mol. The Hall–Kier alpha value is -3.57. The Balaban J connectivity index is 1.80. The molecule has 1 amide bonds. The average molecular weight is 485 g/mol. The van der Waals surface area contributed by atoms with Crippen molar-refractivity contribution in [3.8, 4) is 28.7 Å². The molecule has 0 saturated carbocycles. The fourth-order valence-corrected chi connectivity index (χ4v) is 3.44. The third-order valence-corrected chi connectivity index (χ3v) is 5.21. The van der Waals surface area contributed by atoms with E-state index in [9.17, 15) is 9.90 Å². The third-order valence-electron chi connectivity index (χ3n) is 5.21. The summed E-state index contributed by atoms with van der Waals surface area (Å²) in [7, 11) is 0. The Morgan fingerprint density at radius 3 is 2.63 bits per heavy atom. The summed E-state index contributed by atoms with van der Waals surface area (Å²) in [6.45, 7) is 7.95. The summed E-state index contributed by atoms with van der Waals surface area (Å²) in [5.74, 6) is 1.36. The van der Waals surface area contributed by atoms with Gasteiger partial charge in [0.05, 0.1) is 0 Å². The van der Waals surface area contributed by atoms with Crippen LogP contribution >= 0.6 is 0 Å². The first-order chi connectivity index (χ1) is 16.9. The van der Waals surface area contributed by atoms with Gasteiger partial charge in [-0.3, -0.25) is 4.79 Å². The van der Waals surface area contributed by atoms with Crippen molar-refractivity contribution in [1.29, 1.82) is 0 Å². The molecular weight excluding hydrogens is 452 g/mol. The van der Waals surface area contributed by atoms with Crippen LogP contribution in [0.15, 0.2) is 22.7 Å². The van der Waals surface area contributed by atoms with Gasteiger partial charge in [-0.25, -0.2) is 9.97 Å². The Morgan fingerprint density at radius 1 is 1.14 bits per heavy atom. The van der Waals surface area contributed by atoms with Gasteiger partial charge in [-0.05, 0) is 56.0 Å². The van der Waals surface area contributed by atoms with Crippen molar-refractivity contribution in [3.63, 3.8) is 0 Å². The number of ether oxygens (including phenoxy) is 1. The number of amides is 1. The lowest BCUT2D eigenvalue weighted by Gasteiger charge is -2.17. The fourth-order valence-electron chi connectivity index (χ4n) is 3.44. The zero-order valence-electron chi connectivity index (χ0n) is 20.5. The van der Waals surface area contributed by atoms with Crippen LogP contribution in [0.1, 0.15) is 37.6 Å². The van der Waals surface area contributed by atoms with Crippen molar-refractivity contribution in [2.45, 2.75) is 46.6 Å². The number of hydrogen-bond donors (Lipinski definition) is 4. The van der Waals surface area contributed by atoms with E-state index in [4.69, 9.17) is 14.4 Å². The molecule has 188 valence electrons. The second-order valence-corrected chi connectivity index (χ2v) is 7.94. The highest BCUT2D eigenvalue weighted by molar-refractivity contribution is 5.76. The van der Waals surface area contributed by atoms with Gasteiger partial charge in [0.2, 0.25) is 17.7 Å². The summed E-state index contributed by atoms with van der Waals surface area (Å²) < 4.78 is 11.4. The number of carbonyl (C=O) groups is 1. The van der Waals surface area contributed by atoms with Crippen molar-refractivity contribution >= 4 is 11.9 Å². The minimum atomic E-state index is -0.915. The number of nitrogens with zero attached hydrogens (tertiary/aromatic N) is 4. The van der Waals surface area contributed by atoms with E-state index >= 15 is 0 Å². The maximum absolute atomic E-state index is 11.1. The summed E-state index contributed by atoms with van der Waals surface area (Å²) in [4.78, 5) is 24.6. The molecule has 4 N–H and O–H groups in total. The molecule has 0 radical (unpaired) electrons. The summed E-state index contributed by atoms with van der Waals surface area (Å²) in [6, 6.07) is 5.66. The molecular formula is C24H32N6O5. The van der Waals surface area contributed by atoms with Crippen LogP contribution in [0.5, 0.6) is 5.75 Å². The molecule has 0 spiro atoms. The first-order valence-corrected chi connectivity index (χ1v) is 11.7. The molecule has 0 bridgehead atoms. The maximum Gasteiger partial charge on any atom is 0.277 e. The van der Waals surface area contributed by atoms with Crippen LogP contribution in [-0.2, 0) is 17.6 Å². The molecule has 3 rings (SSSR count). The van der Waals surface area contributed by atoms with Crippen LogP contribution in [0.2, 0.25) is 0 Å².